The second-order valence-corrected chi connectivity index (χ2v) is 11.1. The third kappa shape index (κ3) is 5.14. The second kappa shape index (κ2) is 10.9. The lowest BCUT2D eigenvalue weighted by molar-refractivity contribution is 0.0607. The van der Waals surface area contributed by atoms with E-state index in [0.717, 1.165) is 61.5 Å². The number of likely N-dealkylation sites (tertiary alicyclic amines) is 1. The fraction of sp³-hybridized carbons (Fsp3) is 0.333. The van der Waals surface area contributed by atoms with Crippen LogP contribution in [0.15, 0.2) is 60.8 Å². The van der Waals surface area contributed by atoms with Gasteiger partial charge in [0.15, 0.2) is 5.65 Å². The van der Waals surface area contributed by atoms with Gasteiger partial charge in [-0.25, -0.2) is 9.50 Å². The maximum absolute atomic E-state index is 14.0. The van der Waals surface area contributed by atoms with E-state index in [2.05, 4.69) is 10.2 Å². The number of anilines is 2. The molecule has 0 unspecified atom stereocenters. The molecule has 2 aromatic carbocycles. The summed E-state index contributed by atoms with van der Waals surface area (Å²) in [5.41, 5.74) is 10.0. The summed E-state index contributed by atoms with van der Waals surface area (Å²) in [6.07, 6.45) is 5.60. The summed E-state index contributed by atoms with van der Waals surface area (Å²) in [5, 5.41) is 8.19. The van der Waals surface area contributed by atoms with Gasteiger partial charge in [0.25, 0.3) is 11.8 Å². The van der Waals surface area contributed by atoms with Gasteiger partial charge in [0.2, 0.25) is 0 Å². The van der Waals surface area contributed by atoms with Crippen LogP contribution in [-0.4, -0.2) is 57.0 Å². The van der Waals surface area contributed by atoms with E-state index in [9.17, 15) is 9.59 Å². The van der Waals surface area contributed by atoms with Gasteiger partial charge in [0, 0.05) is 54.1 Å². The number of carbonyl (C=O) groups is 2. The van der Waals surface area contributed by atoms with Gasteiger partial charge in [-0.05, 0) is 62.9 Å². The minimum Gasteiger partial charge on any atom is -0.355 e. The van der Waals surface area contributed by atoms with Crippen molar-refractivity contribution in [2.75, 3.05) is 29.9 Å². The van der Waals surface area contributed by atoms with Crippen LogP contribution in [0.25, 0.3) is 5.65 Å². The van der Waals surface area contributed by atoms with Crippen molar-refractivity contribution in [2.45, 2.75) is 44.7 Å². The number of hydrogen-bond donors (Lipinski definition) is 2. The number of hydrogen-bond acceptors (Lipinski definition) is 6. The highest BCUT2D eigenvalue weighted by Crippen LogP contribution is 2.34. The zero-order valence-electron chi connectivity index (χ0n) is 22.4. The van der Waals surface area contributed by atoms with Gasteiger partial charge in [0.05, 0.1) is 23.0 Å². The van der Waals surface area contributed by atoms with E-state index >= 15 is 0 Å². The van der Waals surface area contributed by atoms with Crippen LogP contribution < -0.4 is 16.0 Å². The molecule has 206 valence electrons. The van der Waals surface area contributed by atoms with E-state index in [-0.39, 0.29) is 23.9 Å². The number of aromatic nitrogens is 3. The minimum absolute atomic E-state index is 0.161. The molecule has 4 heterocycles. The van der Waals surface area contributed by atoms with E-state index in [1.807, 2.05) is 30.2 Å². The molecule has 0 bridgehead atoms. The van der Waals surface area contributed by atoms with Crippen LogP contribution >= 0.6 is 11.6 Å². The lowest BCUT2D eigenvalue weighted by atomic mass is 9.97. The molecule has 2 saturated heterocycles. The highest BCUT2D eigenvalue weighted by atomic mass is 35.5. The van der Waals surface area contributed by atoms with E-state index in [1.54, 1.807) is 47.0 Å². The smallest absolute Gasteiger partial charge is 0.256 e. The van der Waals surface area contributed by atoms with E-state index in [0.29, 0.717) is 28.4 Å². The van der Waals surface area contributed by atoms with E-state index in [1.165, 1.54) is 0 Å². The van der Waals surface area contributed by atoms with Gasteiger partial charge in [0.1, 0.15) is 5.82 Å². The summed E-state index contributed by atoms with van der Waals surface area (Å²) in [5.74, 6) is 0.452. The Balaban J connectivity index is 1.30. The zero-order chi connectivity index (χ0) is 27.8. The Morgan fingerprint density at radius 2 is 1.88 bits per heavy atom. The largest absolute Gasteiger partial charge is 0.355 e. The predicted octanol–water partition coefficient (Wildman–Crippen LogP) is 4.85. The quantitative estimate of drug-likeness (QED) is 0.363. The highest BCUT2D eigenvalue weighted by Gasteiger charge is 2.32. The molecule has 2 atom stereocenters. The predicted molar refractivity (Wildman–Crippen MR) is 156 cm³/mol. The fourth-order valence-corrected chi connectivity index (χ4v) is 5.88. The Labute approximate surface area is 237 Å². The number of nitrogens with two attached hydrogens (primary N) is 1. The number of carbonyl (C=O) groups excluding carboxylic acids is 2. The molecular formula is C30H32ClN7O2. The zero-order valence-corrected chi connectivity index (χ0v) is 23.1. The Kier molecular flexibility index (Phi) is 7.16. The summed E-state index contributed by atoms with van der Waals surface area (Å²) < 4.78 is 1.80. The lowest BCUT2D eigenvalue weighted by Gasteiger charge is -2.35. The summed E-state index contributed by atoms with van der Waals surface area (Å²) >= 11 is 6.33. The average molecular weight is 558 g/mol. The van der Waals surface area contributed by atoms with Crippen LogP contribution in [-0.2, 0) is 0 Å². The Hall–Kier alpha value is -3.95. The van der Waals surface area contributed by atoms with Gasteiger partial charge in [-0.1, -0.05) is 29.8 Å². The Morgan fingerprint density at radius 1 is 1.05 bits per heavy atom. The van der Waals surface area contributed by atoms with Crippen LogP contribution in [0.3, 0.4) is 0 Å². The Bertz CT molecular complexity index is 1570. The van der Waals surface area contributed by atoms with Crippen LogP contribution in [0, 0.1) is 6.92 Å². The number of benzene rings is 2. The number of nitrogens with zero attached hydrogens (tertiary/aromatic N) is 5. The maximum atomic E-state index is 14.0. The molecule has 6 rings (SSSR count). The monoisotopic (exact) mass is 557 g/mol. The normalized spacial score (nSPS) is 19.3. The number of halogens is 1. The number of rotatable bonds is 5. The molecule has 0 spiro atoms. The van der Waals surface area contributed by atoms with E-state index < -0.39 is 0 Å². The summed E-state index contributed by atoms with van der Waals surface area (Å²) in [6.45, 7) is 4.30. The number of amides is 2. The van der Waals surface area contributed by atoms with Crippen molar-refractivity contribution in [1.82, 2.24) is 19.5 Å². The average Bonchev–Trinajstić information content (AvgIpc) is 3.59. The lowest BCUT2D eigenvalue weighted by Crippen LogP contribution is -2.39. The molecule has 2 aliphatic heterocycles. The number of fused-ring (bicyclic) bond motifs is 1. The molecule has 0 aliphatic carbocycles. The first-order chi connectivity index (χ1) is 19.4. The summed E-state index contributed by atoms with van der Waals surface area (Å²) in [7, 11) is 0. The molecule has 2 amide bonds. The van der Waals surface area contributed by atoms with Crippen molar-refractivity contribution in [1.29, 1.82) is 0 Å². The van der Waals surface area contributed by atoms with Crippen molar-refractivity contribution < 1.29 is 9.59 Å². The molecule has 2 fully saturated rings. The number of aryl methyl sites for hydroxylation is 1. The molecule has 3 N–H and O–H groups in total. The van der Waals surface area contributed by atoms with E-state index in [4.69, 9.17) is 27.4 Å². The molecule has 40 heavy (non-hydrogen) atoms. The topological polar surface area (TPSA) is 109 Å². The van der Waals surface area contributed by atoms with Crippen molar-refractivity contribution in [3.05, 3.63) is 88.2 Å². The second-order valence-electron chi connectivity index (χ2n) is 10.6. The number of piperidine rings is 1. The molecule has 4 aromatic rings. The first-order valence-electron chi connectivity index (χ1n) is 13.7. The SMILES string of the molecule is Cc1cn2nc([C@H]3CCCCN3C(=O)c3cc(Cl)ccc3NC(=O)c3ccccc3)cc2nc1N1CC[C@H](N)C1. The maximum Gasteiger partial charge on any atom is 0.256 e. The van der Waals surface area contributed by atoms with Crippen molar-refractivity contribution in [3.8, 4) is 0 Å². The molecule has 9 nitrogen and oxygen atoms in total. The highest BCUT2D eigenvalue weighted by molar-refractivity contribution is 6.31. The molecule has 0 radical (unpaired) electrons. The molecule has 2 aliphatic rings. The van der Waals surface area contributed by atoms with Crippen molar-refractivity contribution >= 4 is 40.6 Å². The fourth-order valence-electron chi connectivity index (χ4n) is 5.71. The first-order valence-corrected chi connectivity index (χ1v) is 14.1. The third-order valence-corrected chi connectivity index (χ3v) is 7.98. The molecule has 10 heteroatoms. The molecular weight excluding hydrogens is 526 g/mol. The van der Waals surface area contributed by atoms with Crippen molar-refractivity contribution in [3.63, 3.8) is 0 Å². The third-order valence-electron chi connectivity index (χ3n) is 7.75. The van der Waals surface area contributed by atoms with Gasteiger partial charge in [-0.2, -0.15) is 5.10 Å². The van der Waals surface area contributed by atoms with Gasteiger partial charge in [-0.15, -0.1) is 0 Å². The summed E-state index contributed by atoms with van der Waals surface area (Å²) in [4.78, 5) is 36.0. The minimum atomic E-state index is -0.288. The van der Waals surface area contributed by atoms with Crippen LogP contribution in [0.2, 0.25) is 5.02 Å². The van der Waals surface area contributed by atoms with Gasteiger partial charge in [-0.3, -0.25) is 9.59 Å². The molecule has 0 saturated carbocycles. The van der Waals surface area contributed by atoms with Crippen LogP contribution in [0.1, 0.15) is 63.7 Å². The molecule has 2 aromatic heterocycles. The van der Waals surface area contributed by atoms with Gasteiger partial charge >= 0.3 is 0 Å². The van der Waals surface area contributed by atoms with Crippen LogP contribution in [0.4, 0.5) is 11.5 Å². The summed E-state index contributed by atoms with van der Waals surface area (Å²) in [6, 6.07) is 15.8. The van der Waals surface area contributed by atoms with Gasteiger partial charge < -0.3 is 20.9 Å². The standard InChI is InChI=1S/C30H32ClN7O2/c1-19-17-38-27(34-28(19)36-14-12-22(32)18-36)16-25(35-38)26-9-5-6-13-37(26)30(40)23-15-21(31)10-11-24(23)33-29(39)20-7-3-2-4-8-20/h2-4,7-8,10-11,15-17,22,26H,5-6,9,12-14,18,32H2,1H3,(H,33,39)/t22-,26+/m0/s1. The van der Waals surface area contributed by atoms with Crippen LogP contribution in [0.5, 0.6) is 0 Å². The Morgan fingerprint density at radius 3 is 2.65 bits per heavy atom. The van der Waals surface area contributed by atoms with Crippen molar-refractivity contribution in [2.24, 2.45) is 5.73 Å². The first kappa shape index (κ1) is 26.3. The number of nitrogens with one attached hydrogen (secondary N) is 1.